The zero-order valence-electron chi connectivity index (χ0n) is 8.83. The van der Waals surface area contributed by atoms with E-state index in [1.54, 1.807) is 0 Å². The summed E-state index contributed by atoms with van der Waals surface area (Å²) in [4.78, 5) is 0. The van der Waals surface area contributed by atoms with Crippen LogP contribution < -0.4 is 4.74 Å². The van der Waals surface area contributed by atoms with E-state index in [1.807, 2.05) is 0 Å². The average molecular weight is 323 g/mol. The third-order valence-electron chi connectivity index (χ3n) is 2.07. The van der Waals surface area contributed by atoms with Gasteiger partial charge in [-0.05, 0) is 12.1 Å². The van der Waals surface area contributed by atoms with Gasteiger partial charge in [-0.1, -0.05) is 17.7 Å². The summed E-state index contributed by atoms with van der Waals surface area (Å²) in [6.07, 6.45) is -5.10. The van der Waals surface area contributed by atoms with Crippen LogP contribution in [0.4, 0.5) is 13.2 Å². The molecule has 0 N–H and O–H groups in total. The molecule has 0 aliphatic carbocycles. The Hall–Kier alpha value is -0.660. The maximum Gasteiger partial charge on any atom is 0.410 e. The van der Waals surface area contributed by atoms with Crippen LogP contribution in [0, 0.1) is 0 Å². The lowest BCUT2D eigenvalue weighted by Crippen LogP contribution is -2.26. The highest BCUT2D eigenvalue weighted by atomic mass is 35.7. The quantitative estimate of drug-likeness (QED) is 0.800. The van der Waals surface area contributed by atoms with Crippen LogP contribution in [0.15, 0.2) is 18.2 Å². The summed E-state index contributed by atoms with van der Waals surface area (Å²) in [6, 6.07) is 3.63. The number of methoxy groups -OCH3 is 1. The van der Waals surface area contributed by atoms with Crippen molar-refractivity contribution in [2.45, 2.75) is 11.4 Å². The van der Waals surface area contributed by atoms with E-state index in [0.717, 1.165) is 13.2 Å². The van der Waals surface area contributed by atoms with Gasteiger partial charge < -0.3 is 4.74 Å². The molecule has 0 heterocycles. The molecule has 9 heteroatoms. The average Bonchev–Trinajstić information content (AvgIpc) is 2.16. The Kier molecular flexibility index (Phi) is 4.40. The number of hydrogen-bond donors (Lipinski definition) is 0. The highest BCUT2D eigenvalue weighted by Gasteiger charge is 2.51. The summed E-state index contributed by atoms with van der Waals surface area (Å²) in [5.74, 6) is -0.297. The fourth-order valence-corrected chi connectivity index (χ4v) is 3.17. The van der Waals surface area contributed by atoms with Gasteiger partial charge in [-0.3, -0.25) is 0 Å². The molecule has 0 saturated carbocycles. The van der Waals surface area contributed by atoms with Gasteiger partial charge in [-0.25, -0.2) is 8.42 Å². The maximum absolute atomic E-state index is 12.8. The van der Waals surface area contributed by atoms with Gasteiger partial charge in [0, 0.05) is 21.3 Å². The second kappa shape index (κ2) is 5.14. The molecule has 1 rings (SSSR count). The van der Waals surface area contributed by atoms with Crippen LogP contribution in [-0.4, -0.2) is 21.7 Å². The van der Waals surface area contributed by atoms with Crippen molar-refractivity contribution in [2.75, 3.05) is 7.11 Å². The van der Waals surface area contributed by atoms with E-state index in [4.69, 9.17) is 22.3 Å². The first-order chi connectivity index (χ1) is 8.09. The van der Waals surface area contributed by atoms with E-state index >= 15 is 0 Å². The van der Waals surface area contributed by atoms with E-state index in [9.17, 15) is 21.6 Å². The minimum Gasteiger partial charge on any atom is -0.496 e. The Labute approximate surface area is 111 Å². The van der Waals surface area contributed by atoms with Crippen LogP contribution in [0.3, 0.4) is 0 Å². The molecule has 0 aromatic heterocycles. The predicted octanol–water partition coefficient (Wildman–Crippen LogP) is 3.52. The smallest absolute Gasteiger partial charge is 0.410 e. The van der Waals surface area contributed by atoms with Crippen molar-refractivity contribution in [3.63, 3.8) is 0 Å². The third kappa shape index (κ3) is 3.21. The molecule has 0 aliphatic heterocycles. The fraction of sp³-hybridized carbons (Fsp3) is 0.333. The number of ether oxygens (including phenoxy) is 1. The number of rotatable bonds is 3. The largest absolute Gasteiger partial charge is 0.496 e. The molecule has 0 aliphatic rings. The summed E-state index contributed by atoms with van der Waals surface area (Å²) >= 11 is 5.61. The van der Waals surface area contributed by atoms with Crippen molar-refractivity contribution in [1.29, 1.82) is 0 Å². The van der Waals surface area contributed by atoms with Gasteiger partial charge in [-0.15, -0.1) is 0 Å². The van der Waals surface area contributed by atoms with Gasteiger partial charge in [0.15, 0.2) is 0 Å². The van der Waals surface area contributed by atoms with Crippen molar-refractivity contribution in [2.24, 2.45) is 0 Å². The number of hydrogen-bond acceptors (Lipinski definition) is 3. The molecule has 0 fully saturated rings. The second-order valence-corrected chi connectivity index (χ2v) is 6.37. The van der Waals surface area contributed by atoms with Gasteiger partial charge in [-0.2, -0.15) is 13.2 Å². The van der Waals surface area contributed by atoms with Crippen LogP contribution in [0.1, 0.15) is 10.8 Å². The molecule has 3 nitrogen and oxygen atoms in total. The second-order valence-electron chi connectivity index (χ2n) is 3.25. The number of benzene rings is 1. The molecule has 0 saturated heterocycles. The van der Waals surface area contributed by atoms with E-state index in [2.05, 4.69) is 4.74 Å². The lowest BCUT2D eigenvalue weighted by Gasteiger charge is -2.20. The van der Waals surface area contributed by atoms with Crippen LogP contribution in [0.25, 0.3) is 0 Å². The summed E-state index contributed by atoms with van der Waals surface area (Å²) in [7, 11) is 1.01. The minimum absolute atomic E-state index is 0.297. The molecule has 0 spiro atoms. The van der Waals surface area contributed by atoms with Gasteiger partial charge >= 0.3 is 6.18 Å². The normalized spacial score (nSPS) is 14.3. The van der Waals surface area contributed by atoms with Crippen LogP contribution in [0.2, 0.25) is 5.02 Å². The van der Waals surface area contributed by atoms with Gasteiger partial charge in [0.25, 0.3) is 0 Å². The summed E-state index contributed by atoms with van der Waals surface area (Å²) in [6.45, 7) is 0. The zero-order valence-corrected chi connectivity index (χ0v) is 11.2. The molecule has 0 amide bonds. The molecule has 1 atom stereocenters. The molecular weight excluding hydrogens is 316 g/mol. The van der Waals surface area contributed by atoms with Crippen LogP contribution in [-0.2, 0) is 9.05 Å². The first-order valence-corrected chi connectivity index (χ1v) is 7.16. The SMILES string of the molecule is COc1cccc(Cl)c1C(C(F)(F)F)S(=O)(=O)Cl. The van der Waals surface area contributed by atoms with E-state index in [-0.39, 0.29) is 10.8 Å². The Morgan fingerprint density at radius 3 is 2.28 bits per heavy atom. The van der Waals surface area contributed by atoms with Crippen LogP contribution in [0.5, 0.6) is 5.75 Å². The Morgan fingerprint density at radius 1 is 1.33 bits per heavy atom. The maximum atomic E-state index is 12.8. The van der Waals surface area contributed by atoms with Crippen molar-refractivity contribution in [1.82, 2.24) is 0 Å². The first-order valence-electron chi connectivity index (χ1n) is 4.41. The number of halogens is 5. The Bertz CT molecular complexity index is 542. The standard InChI is InChI=1S/C9H7Cl2F3O3S/c1-17-6-4-2-3-5(10)7(6)8(9(12,13)14)18(11,15)16/h2-4,8H,1H3. The molecule has 1 unspecified atom stereocenters. The highest BCUT2D eigenvalue weighted by Crippen LogP contribution is 2.46. The summed E-state index contributed by atoms with van der Waals surface area (Å²) in [5.41, 5.74) is -0.718. The van der Waals surface area contributed by atoms with Gasteiger partial charge in [0.2, 0.25) is 14.3 Å². The molecule has 102 valence electrons. The highest BCUT2D eigenvalue weighted by molar-refractivity contribution is 8.14. The summed E-state index contributed by atoms with van der Waals surface area (Å²) in [5, 5.41) is -3.32. The van der Waals surface area contributed by atoms with Gasteiger partial charge in [0.05, 0.1) is 7.11 Å². The lowest BCUT2D eigenvalue weighted by atomic mass is 10.1. The predicted molar refractivity (Wildman–Crippen MR) is 61.6 cm³/mol. The van der Waals surface area contributed by atoms with E-state index in [1.165, 1.54) is 12.1 Å². The van der Waals surface area contributed by atoms with Crippen molar-refractivity contribution in [3.05, 3.63) is 28.8 Å². The van der Waals surface area contributed by atoms with Crippen molar-refractivity contribution < 1.29 is 26.3 Å². The molecule has 18 heavy (non-hydrogen) atoms. The molecule has 0 radical (unpaired) electrons. The molecular formula is C9H7Cl2F3O3S. The lowest BCUT2D eigenvalue weighted by molar-refractivity contribution is -0.131. The van der Waals surface area contributed by atoms with Crippen molar-refractivity contribution >= 4 is 31.3 Å². The Balaban J connectivity index is 3.59. The first kappa shape index (κ1) is 15.4. The molecule has 0 bridgehead atoms. The third-order valence-corrected chi connectivity index (χ3v) is 4.00. The monoisotopic (exact) mass is 322 g/mol. The zero-order chi connectivity index (χ0) is 14.1. The topological polar surface area (TPSA) is 43.4 Å². The minimum atomic E-state index is -5.10. The molecule has 1 aromatic rings. The van der Waals surface area contributed by atoms with E-state index in [0.29, 0.717) is 0 Å². The Morgan fingerprint density at radius 2 is 1.89 bits per heavy atom. The van der Waals surface area contributed by atoms with Crippen molar-refractivity contribution in [3.8, 4) is 5.75 Å². The van der Waals surface area contributed by atoms with Gasteiger partial charge in [0.1, 0.15) is 5.75 Å². The summed E-state index contributed by atoms with van der Waals surface area (Å²) < 4.78 is 65.4. The van der Waals surface area contributed by atoms with Crippen LogP contribution >= 0.6 is 22.3 Å². The molecule has 1 aromatic carbocycles. The van der Waals surface area contributed by atoms with E-state index < -0.39 is 26.0 Å². The fourth-order valence-electron chi connectivity index (χ4n) is 1.41. The number of alkyl halides is 3.